The van der Waals surface area contributed by atoms with Gasteiger partial charge in [0.1, 0.15) is 17.6 Å². The number of benzene rings is 1. The van der Waals surface area contributed by atoms with Crippen molar-refractivity contribution in [1.82, 2.24) is 30.3 Å². The molecule has 0 spiro atoms. The highest BCUT2D eigenvalue weighted by Crippen LogP contribution is 2.13. The molecule has 4 rings (SSSR count). The number of hydrogen-bond acceptors (Lipinski definition) is 6. The van der Waals surface area contributed by atoms with Crippen LogP contribution in [0.3, 0.4) is 0 Å². The Balaban J connectivity index is 1.27. The first-order valence-corrected chi connectivity index (χ1v) is 10.6. The maximum absolute atomic E-state index is 12.2. The molecule has 0 bridgehead atoms. The number of nitrogens with one attached hydrogen (secondary N) is 2. The Morgan fingerprint density at radius 1 is 1.23 bits per heavy atom. The van der Waals surface area contributed by atoms with Crippen molar-refractivity contribution in [2.24, 2.45) is 0 Å². The molecule has 2 aliphatic heterocycles. The maximum atomic E-state index is 12.2. The Labute approximate surface area is 181 Å². The molecule has 1 atom stereocenters. The van der Waals surface area contributed by atoms with E-state index in [1.54, 1.807) is 7.11 Å². The zero-order valence-electron chi connectivity index (χ0n) is 17.7. The van der Waals surface area contributed by atoms with E-state index in [2.05, 4.69) is 42.4 Å². The molecular weight excluding hydrogens is 396 g/mol. The molecule has 31 heavy (non-hydrogen) atoms. The minimum absolute atomic E-state index is 0.0716. The molecule has 2 aliphatic rings. The van der Waals surface area contributed by atoms with Gasteiger partial charge in [-0.15, -0.1) is 10.2 Å². The molecule has 2 N–H and O–H groups in total. The molecule has 1 aromatic heterocycles. The molecule has 1 saturated heterocycles. The van der Waals surface area contributed by atoms with Gasteiger partial charge in [0.2, 0.25) is 11.8 Å². The number of ether oxygens (including phenoxy) is 1. The quantitative estimate of drug-likeness (QED) is 0.680. The Bertz CT molecular complexity index is 953. The zero-order valence-corrected chi connectivity index (χ0v) is 17.7. The molecule has 164 valence electrons. The molecule has 1 fully saturated rings. The summed E-state index contributed by atoms with van der Waals surface area (Å²) in [6.07, 6.45) is 6.05. The van der Waals surface area contributed by atoms with E-state index in [4.69, 9.17) is 4.74 Å². The van der Waals surface area contributed by atoms with Crippen LogP contribution in [-0.2, 0) is 29.1 Å². The third-order valence-corrected chi connectivity index (χ3v) is 5.72. The van der Waals surface area contributed by atoms with Gasteiger partial charge in [0.15, 0.2) is 5.82 Å². The van der Waals surface area contributed by atoms with Crippen LogP contribution in [0.25, 0.3) is 6.08 Å². The summed E-state index contributed by atoms with van der Waals surface area (Å²) in [5, 5.41) is 14.1. The fraction of sp³-hybridized carbons (Fsp3) is 0.455. The number of nitrogens with zero attached hydrogens (tertiary/aromatic N) is 4. The molecule has 0 radical (unpaired) electrons. The lowest BCUT2D eigenvalue weighted by molar-refractivity contribution is -0.125. The van der Waals surface area contributed by atoms with Crippen molar-refractivity contribution in [3.05, 3.63) is 47.6 Å². The third kappa shape index (κ3) is 5.29. The first-order valence-electron chi connectivity index (χ1n) is 10.6. The van der Waals surface area contributed by atoms with Crippen molar-refractivity contribution < 1.29 is 14.3 Å². The van der Waals surface area contributed by atoms with Crippen LogP contribution in [0, 0.1) is 0 Å². The summed E-state index contributed by atoms with van der Waals surface area (Å²) in [4.78, 5) is 25.9. The van der Waals surface area contributed by atoms with E-state index in [1.807, 2.05) is 24.3 Å². The summed E-state index contributed by atoms with van der Waals surface area (Å²) in [6.45, 7) is 3.75. The number of fused-ring (bicyclic) bond motifs is 1. The predicted molar refractivity (Wildman–Crippen MR) is 115 cm³/mol. The van der Waals surface area contributed by atoms with Crippen LogP contribution in [0.15, 0.2) is 30.3 Å². The molecule has 0 aliphatic carbocycles. The van der Waals surface area contributed by atoms with Gasteiger partial charge in [-0.3, -0.25) is 14.5 Å². The highest BCUT2D eigenvalue weighted by molar-refractivity contribution is 5.90. The lowest BCUT2D eigenvalue weighted by Crippen LogP contribution is -2.41. The summed E-state index contributed by atoms with van der Waals surface area (Å²) >= 11 is 0. The second kappa shape index (κ2) is 9.74. The van der Waals surface area contributed by atoms with Crippen LogP contribution in [0.1, 0.15) is 30.1 Å². The van der Waals surface area contributed by atoms with Crippen molar-refractivity contribution in [3.63, 3.8) is 0 Å². The van der Waals surface area contributed by atoms with E-state index < -0.39 is 6.04 Å². The monoisotopic (exact) mass is 424 g/mol. The summed E-state index contributed by atoms with van der Waals surface area (Å²) in [5.74, 6) is 2.32. The number of carbonyl (C=O) groups excluding carboxylic acids is 2. The van der Waals surface area contributed by atoms with E-state index in [0.29, 0.717) is 19.4 Å². The molecule has 9 nitrogen and oxygen atoms in total. The second-order valence-electron chi connectivity index (χ2n) is 7.79. The molecule has 3 heterocycles. The Morgan fingerprint density at radius 2 is 2.06 bits per heavy atom. The molecule has 2 amide bonds. The van der Waals surface area contributed by atoms with E-state index >= 15 is 0 Å². The van der Waals surface area contributed by atoms with Gasteiger partial charge >= 0.3 is 0 Å². The van der Waals surface area contributed by atoms with Crippen molar-refractivity contribution in [1.29, 1.82) is 0 Å². The molecule has 2 aromatic rings. The molecule has 9 heteroatoms. The lowest BCUT2D eigenvalue weighted by atomic mass is 10.2. The Kier molecular flexibility index (Phi) is 6.61. The van der Waals surface area contributed by atoms with Gasteiger partial charge in [-0.05, 0) is 24.1 Å². The first kappa shape index (κ1) is 21.0. The fourth-order valence-electron chi connectivity index (χ4n) is 3.89. The largest absolute Gasteiger partial charge is 0.497 e. The van der Waals surface area contributed by atoms with Crippen molar-refractivity contribution in [3.8, 4) is 5.75 Å². The van der Waals surface area contributed by atoms with Gasteiger partial charge in [0.05, 0.1) is 13.7 Å². The predicted octanol–water partition coefficient (Wildman–Crippen LogP) is 0.753. The fourth-order valence-corrected chi connectivity index (χ4v) is 3.89. The van der Waals surface area contributed by atoms with E-state index in [0.717, 1.165) is 55.6 Å². The second-order valence-corrected chi connectivity index (χ2v) is 7.79. The van der Waals surface area contributed by atoms with Gasteiger partial charge in [0, 0.05) is 39.0 Å². The molecular formula is C22H28N6O3. The number of rotatable bonds is 7. The van der Waals surface area contributed by atoms with E-state index in [-0.39, 0.29) is 11.8 Å². The smallest absolute Gasteiger partial charge is 0.242 e. The van der Waals surface area contributed by atoms with Crippen LogP contribution in [0.2, 0.25) is 0 Å². The number of amides is 2. The normalized spacial score (nSPS) is 19.1. The first-order chi connectivity index (χ1) is 15.1. The van der Waals surface area contributed by atoms with Crippen LogP contribution in [0.4, 0.5) is 0 Å². The number of aromatic nitrogens is 3. The average Bonchev–Trinajstić information content (AvgIpc) is 3.34. The van der Waals surface area contributed by atoms with E-state index in [1.165, 1.54) is 0 Å². The number of methoxy groups -OCH3 is 1. The van der Waals surface area contributed by atoms with Gasteiger partial charge in [-0.2, -0.15) is 0 Å². The molecule has 1 aromatic carbocycles. The van der Waals surface area contributed by atoms with E-state index in [9.17, 15) is 9.59 Å². The SMILES string of the molecule is COc1ccc(/C=C/CN2CCc3nnc(CNC(=O)C4CCC(=O)N4)n3CC2)cc1. The Morgan fingerprint density at radius 3 is 2.81 bits per heavy atom. The van der Waals surface area contributed by atoms with Gasteiger partial charge in [-0.25, -0.2) is 0 Å². The summed E-state index contributed by atoms with van der Waals surface area (Å²) in [5.41, 5.74) is 1.14. The van der Waals surface area contributed by atoms with Crippen LogP contribution in [0.5, 0.6) is 5.75 Å². The third-order valence-electron chi connectivity index (χ3n) is 5.72. The number of carbonyl (C=O) groups is 2. The maximum Gasteiger partial charge on any atom is 0.242 e. The minimum atomic E-state index is -0.438. The van der Waals surface area contributed by atoms with Crippen LogP contribution >= 0.6 is 0 Å². The minimum Gasteiger partial charge on any atom is -0.497 e. The highest BCUT2D eigenvalue weighted by atomic mass is 16.5. The Hall–Kier alpha value is -3.20. The van der Waals surface area contributed by atoms with Crippen molar-refractivity contribution >= 4 is 17.9 Å². The van der Waals surface area contributed by atoms with Gasteiger partial charge < -0.3 is 19.9 Å². The number of hydrogen-bond donors (Lipinski definition) is 2. The summed E-state index contributed by atoms with van der Waals surface area (Å²) in [6, 6.07) is 7.55. The molecule has 1 unspecified atom stereocenters. The average molecular weight is 425 g/mol. The standard InChI is InChI=1S/C22H28N6O3/c1-31-17-6-4-16(5-7-17)3-2-11-27-12-10-19-25-26-20(28(19)14-13-27)15-23-22(30)18-8-9-21(29)24-18/h2-7,18H,8-15H2,1H3,(H,23,30)(H,24,29)/b3-2+. The summed E-state index contributed by atoms with van der Waals surface area (Å²) < 4.78 is 7.29. The van der Waals surface area contributed by atoms with Crippen LogP contribution < -0.4 is 15.4 Å². The van der Waals surface area contributed by atoms with Crippen LogP contribution in [-0.4, -0.2) is 64.3 Å². The molecule has 0 saturated carbocycles. The topological polar surface area (TPSA) is 101 Å². The van der Waals surface area contributed by atoms with Crippen molar-refractivity contribution in [2.75, 3.05) is 26.7 Å². The highest BCUT2D eigenvalue weighted by Gasteiger charge is 2.27. The van der Waals surface area contributed by atoms with Crippen molar-refractivity contribution in [2.45, 2.75) is 38.4 Å². The lowest BCUT2D eigenvalue weighted by Gasteiger charge is -2.17. The summed E-state index contributed by atoms with van der Waals surface area (Å²) in [7, 11) is 1.67. The van der Waals surface area contributed by atoms with Gasteiger partial charge in [-0.1, -0.05) is 24.3 Å². The van der Waals surface area contributed by atoms with Gasteiger partial charge in [0.25, 0.3) is 0 Å². The zero-order chi connectivity index (χ0) is 21.6.